The van der Waals surface area contributed by atoms with E-state index in [0.717, 1.165) is 12.0 Å². The van der Waals surface area contributed by atoms with E-state index in [1.807, 2.05) is 37.3 Å². The Labute approximate surface area is 109 Å². The van der Waals surface area contributed by atoms with Gasteiger partial charge < -0.3 is 18.9 Å². The Morgan fingerprint density at radius 3 is 2.00 bits per heavy atom. The first kappa shape index (κ1) is 15.1. The summed E-state index contributed by atoms with van der Waals surface area (Å²) in [6.45, 7) is 2.50. The van der Waals surface area contributed by atoms with E-state index in [9.17, 15) is 0 Å². The second-order valence-electron chi connectivity index (χ2n) is 3.91. The molecule has 0 saturated heterocycles. The third-order valence-electron chi connectivity index (χ3n) is 2.91. The van der Waals surface area contributed by atoms with Gasteiger partial charge in [0.2, 0.25) is 0 Å². The number of hydrogen-bond acceptors (Lipinski definition) is 4. The highest BCUT2D eigenvalue weighted by Crippen LogP contribution is 2.24. The Bertz CT molecular complexity index is 314. The summed E-state index contributed by atoms with van der Waals surface area (Å²) in [6.07, 6.45) is 0.431. The third-order valence-corrected chi connectivity index (χ3v) is 2.91. The normalized spacial score (nSPS) is 13.6. The first-order valence-electron chi connectivity index (χ1n) is 6.03. The van der Waals surface area contributed by atoms with Crippen molar-refractivity contribution in [1.82, 2.24) is 0 Å². The lowest BCUT2D eigenvalue weighted by molar-refractivity contribution is -0.395. The molecule has 4 nitrogen and oxygen atoms in total. The summed E-state index contributed by atoms with van der Waals surface area (Å²) in [5.41, 5.74) is 1.10. The van der Waals surface area contributed by atoms with Crippen molar-refractivity contribution in [2.45, 2.75) is 32.0 Å². The molecule has 1 aromatic carbocycles. The van der Waals surface area contributed by atoms with Gasteiger partial charge in [-0.25, -0.2) is 0 Å². The van der Waals surface area contributed by atoms with Crippen LogP contribution in [0.1, 0.15) is 18.9 Å². The summed E-state index contributed by atoms with van der Waals surface area (Å²) in [4.78, 5) is 0. The summed E-state index contributed by atoms with van der Waals surface area (Å²) in [7, 11) is 4.63. The average molecular weight is 254 g/mol. The van der Waals surface area contributed by atoms with Crippen molar-refractivity contribution in [1.29, 1.82) is 0 Å². The van der Waals surface area contributed by atoms with Crippen molar-refractivity contribution in [3.05, 3.63) is 35.9 Å². The van der Waals surface area contributed by atoms with E-state index in [4.69, 9.17) is 18.9 Å². The predicted molar refractivity (Wildman–Crippen MR) is 69.1 cm³/mol. The molecule has 1 unspecified atom stereocenters. The van der Waals surface area contributed by atoms with Crippen LogP contribution in [0.5, 0.6) is 0 Å². The van der Waals surface area contributed by atoms with Crippen LogP contribution in [0.4, 0.5) is 0 Å². The van der Waals surface area contributed by atoms with Crippen LogP contribution >= 0.6 is 0 Å². The monoisotopic (exact) mass is 254 g/mol. The SMILES string of the molecule is CCC(OCc1ccccc1)C(OC)(OC)OC. The first-order valence-corrected chi connectivity index (χ1v) is 6.03. The van der Waals surface area contributed by atoms with Gasteiger partial charge in [-0.2, -0.15) is 0 Å². The standard InChI is InChI=1S/C14H22O4/c1-5-13(14(15-2,16-3)17-4)18-11-12-9-7-6-8-10-12/h6-10,13H,5,11H2,1-4H3. The number of methoxy groups -OCH3 is 3. The molecule has 0 fully saturated rings. The third kappa shape index (κ3) is 3.53. The van der Waals surface area contributed by atoms with Crippen LogP contribution < -0.4 is 0 Å². The number of rotatable bonds is 8. The van der Waals surface area contributed by atoms with Crippen LogP contribution in [0.15, 0.2) is 30.3 Å². The molecule has 0 aromatic heterocycles. The van der Waals surface area contributed by atoms with E-state index in [0.29, 0.717) is 6.61 Å². The highest BCUT2D eigenvalue weighted by Gasteiger charge is 2.40. The Morgan fingerprint density at radius 1 is 1.00 bits per heavy atom. The molecular weight excluding hydrogens is 232 g/mol. The van der Waals surface area contributed by atoms with E-state index in [-0.39, 0.29) is 6.10 Å². The lowest BCUT2D eigenvalue weighted by atomic mass is 10.2. The summed E-state index contributed by atoms with van der Waals surface area (Å²) < 4.78 is 21.8. The zero-order valence-corrected chi connectivity index (χ0v) is 11.5. The number of hydrogen-bond donors (Lipinski definition) is 0. The minimum atomic E-state index is -1.15. The Kier molecular flexibility index (Phi) is 6.29. The average Bonchev–Trinajstić information content (AvgIpc) is 2.45. The molecule has 0 aliphatic carbocycles. The van der Waals surface area contributed by atoms with Crippen molar-refractivity contribution in [3.63, 3.8) is 0 Å². The largest absolute Gasteiger partial charge is 0.365 e. The van der Waals surface area contributed by atoms with Crippen LogP contribution in [0, 0.1) is 0 Å². The molecule has 0 radical (unpaired) electrons. The maximum absolute atomic E-state index is 5.84. The van der Waals surface area contributed by atoms with Crippen LogP contribution in [0.2, 0.25) is 0 Å². The zero-order valence-electron chi connectivity index (χ0n) is 11.5. The van der Waals surface area contributed by atoms with Crippen LogP contribution in [0.25, 0.3) is 0 Å². The maximum Gasteiger partial charge on any atom is 0.310 e. The highest BCUT2D eigenvalue weighted by molar-refractivity contribution is 5.13. The van der Waals surface area contributed by atoms with Gasteiger partial charge in [0.1, 0.15) is 6.10 Å². The molecule has 0 N–H and O–H groups in total. The molecule has 0 aliphatic rings. The molecule has 102 valence electrons. The minimum absolute atomic E-state index is 0.294. The summed E-state index contributed by atoms with van der Waals surface area (Å²) in [5, 5.41) is 0. The van der Waals surface area contributed by atoms with Crippen LogP contribution in [0.3, 0.4) is 0 Å². The topological polar surface area (TPSA) is 36.9 Å². The van der Waals surface area contributed by atoms with E-state index in [1.165, 1.54) is 0 Å². The van der Waals surface area contributed by atoms with Gasteiger partial charge in [0.25, 0.3) is 0 Å². The number of ether oxygens (including phenoxy) is 4. The predicted octanol–water partition coefficient (Wildman–Crippen LogP) is 2.57. The molecule has 0 heterocycles. The Balaban J connectivity index is 2.66. The Morgan fingerprint density at radius 2 is 1.56 bits per heavy atom. The van der Waals surface area contributed by atoms with Crippen LogP contribution in [-0.2, 0) is 25.6 Å². The van der Waals surface area contributed by atoms with Crippen molar-refractivity contribution < 1.29 is 18.9 Å². The Hall–Kier alpha value is -0.940. The first-order chi connectivity index (χ1) is 8.72. The van der Waals surface area contributed by atoms with Gasteiger partial charge in [0.15, 0.2) is 0 Å². The molecule has 0 saturated carbocycles. The minimum Gasteiger partial charge on any atom is -0.365 e. The van der Waals surface area contributed by atoms with E-state index >= 15 is 0 Å². The van der Waals surface area contributed by atoms with Gasteiger partial charge in [-0.1, -0.05) is 37.3 Å². The fourth-order valence-electron chi connectivity index (χ4n) is 1.89. The van der Waals surface area contributed by atoms with Gasteiger partial charge in [0, 0.05) is 21.3 Å². The lowest BCUT2D eigenvalue weighted by Gasteiger charge is -2.35. The summed E-state index contributed by atoms with van der Waals surface area (Å²) in [6, 6.07) is 9.97. The van der Waals surface area contributed by atoms with E-state index < -0.39 is 5.97 Å². The fraction of sp³-hybridized carbons (Fsp3) is 0.571. The molecule has 0 aliphatic heterocycles. The summed E-state index contributed by atoms with van der Waals surface area (Å²) in [5.74, 6) is -1.15. The van der Waals surface area contributed by atoms with Crippen molar-refractivity contribution in [2.75, 3.05) is 21.3 Å². The second-order valence-corrected chi connectivity index (χ2v) is 3.91. The molecule has 0 spiro atoms. The molecule has 0 bridgehead atoms. The van der Waals surface area contributed by atoms with E-state index in [1.54, 1.807) is 21.3 Å². The highest BCUT2D eigenvalue weighted by atomic mass is 16.9. The van der Waals surface area contributed by atoms with Gasteiger partial charge >= 0.3 is 5.97 Å². The zero-order chi connectivity index (χ0) is 13.4. The quantitative estimate of drug-likeness (QED) is 0.668. The molecule has 18 heavy (non-hydrogen) atoms. The molecular formula is C14H22O4. The second kappa shape index (κ2) is 7.48. The number of benzene rings is 1. The van der Waals surface area contributed by atoms with Gasteiger partial charge in [-0.15, -0.1) is 0 Å². The van der Waals surface area contributed by atoms with Crippen molar-refractivity contribution >= 4 is 0 Å². The maximum atomic E-state index is 5.84. The molecule has 0 amide bonds. The van der Waals surface area contributed by atoms with Gasteiger partial charge in [-0.3, -0.25) is 0 Å². The molecule has 1 atom stereocenters. The molecule has 1 rings (SSSR count). The molecule has 1 aromatic rings. The van der Waals surface area contributed by atoms with Crippen molar-refractivity contribution in [2.24, 2.45) is 0 Å². The smallest absolute Gasteiger partial charge is 0.310 e. The fourth-order valence-corrected chi connectivity index (χ4v) is 1.89. The molecule has 4 heteroatoms. The van der Waals surface area contributed by atoms with Crippen molar-refractivity contribution in [3.8, 4) is 0 Å². The van der Waals surface area contributed by atoms with E-state index in [2.05, 4.69) is 0 Å². The lowest BCUT2D eigenvalue weighted by Crippen LogP contribution is -2.48. The van der Waals surface area contributed by atoms with Crippen LogP contribution in [-0.4, -0.2) is 33.4 Å². The summed E-state index contributed by atoms with van der Waals surface area (Å²) >= 11 is 0. The van der Waals surface area contributed by atoms with Gasteiger partial charge in [-0.05, 0) is 12.0 Å². The van der Waals surface area contributed by atoms with Gasteiger partial charge in [0.05, 0.1) is 6.61 Å².